The lowest BCUT2D eigenvalue weighted by Crippen LogP contribution is -2.52. The van der Waals surface area contributed by atoms with Crippen molar-refractivity contribution in [2.45, 2.75) is 50.7 Å². The molecule has 1 aromatic rings. The Morgan fingerprint density at radius 1 is 1.30 bits per heavy atom. The number of carbonyl (C=O) groups excluding carboxylic acids is 2. The third-order valence-corrected chi connectivity index (χ3v) is 4.72. The van der Waals surface area contributed by atoms with Crippen molar-refractivity contribution >= 4 is 27.8 Å². The van der Waals surface area contributed by atoms with E-state index in [0.29, 0.717) is 22.9 Å². The van der Waals surface area contributed by atoms with Crippen LogP contribution in [0.3, 0.4) is 0 Å². The van der Waals surface area contributed by atoms with Gasteiger partial charge in [-0.1, -0.05) is 31.4 Å². The van der Waals surface area contributed by atoms with Crippen molar-refractivity contribution in [1.29, 1.82) is 5.26 Å². The highest BCUT2D eigenvalue weighted by Gasteiger charge is 2.35. The van der Waals surface area contributed by atoms with Crippen LogP contribution in [0, 0.1) is 11.3 Å². The molecule has 1 aliphatic carbocycles. The molecule has 1 atom stereocenters. The third-order valence-electron chi connectivity index (χ3n) is 4.03. The molecule has 0 saturated heterocycles. The van der Waals surface area contributed by atoms with Crippen molar-refractivity contribution < 1.29 is 14.3 Å². The molecule has 23 heavy (non-hydrogen) atoms. The molecule has 5 nitrogen and oxygen atoms in total. The van der Waals surface area contributed by atoms with E-state index in [0.717, 1.165) is 19.3 Å². The quantitative estimate of drug-likeness (QED) is 0.814. The van der Waals surface area contributed by atoms with E-state index in [1.165, 1.54) is 6.92 Å². The minimum Gasteiger partial charge on any atom is -0.449 e. The normalized spacial score (nSPS) is 17.6. The molecule has 0 bridgehead atoms. The summed E-state index contributed by atoms with van der Waals surface area (Å²) in [6.07, 6.45) is 3.23. The summed E-state index contributed by atoms with van der Waals surface area (Å²) in [7, 11) is 0. The van der Waals surface area contributed by atoms with Crippen LogP contribution < -0.4 is 5.32 Å². The number of nitriles is 1. The largest absolute Gasteiger partial charge is 0.449 e. The average molecular weight is 379 g/mol. The van der Waals surface area contributed by atoms with E-state index in [2.05, 4.69) is 27.3 Å². The van der Waals surface area contributed by atoms with Crippen molar-refractivity contribution in [3.05, 3.63) is 34.3 Å². The highest BCUT2D eigenvalue weighted by atomic mass is 79.9. The van der Waals surface area contributed by atoms with E-state index in [-0.39, 0.29) is 0 Å². The van der Waals surface area contributed by atoms with Gasteiger partial charge in [0.15, 0.2) is 6.10 Å². The standard InChI is InChI=1S/C17H19BrN2O3/c1-12(23-16(22)13-7-3-4-8-14(13)18)15(21)20-17(11-19)9-5-2-6-10-17/h3-4,7-8,12H,2,5-6,9-10H2,1H3,(H,20,21)/t12-/m0/s1. The predicted octanol–water partition coefficient (Wildman–Crippen LogP) is 3.34. The van der Waals surface area contributed by atoms with Crippen LogP contribution in [0.5, 0.6) is 0 Å². The third kappa shape index (κ3) is 4.32. The smallest absolute Gasteiger partial charge is 0.340 e. The molecule has 0 unspecified atom stereocenters. The summed E-state index contributed by atoms with van der Waals surface area (Å²) in [4.78, 5) is 24.4. The number of carbonyl (C=O) groups is 2. The SMILES string of the molecule is C[C@H](OC(=O)c1ccccc1Br)C(=O)NC1(C#N)CCCCC1. The molecule has 1 saturated carbocycles. The van der Waals surface area contributed by atoms with Gasteiger partial charge in [0.25, 0.3) is 5.91 Å². The van der Waals surface area contributed by atoms with Gasteiger partial charge in [0.1, 0.15) is 5.54 Å². The van der Waals surface area contributed by atoms with Crippen LogP contribution in [0.4, 0.5) is 0 Å². The molecule has 0 aromatic heterocycles. The molecule has 0 aliphatic heterocycles. The summed E-state index contributed by atoms with van der Waals surface area (Å²) in [5.41, 5.74) is -0.469. The molecule has 0 spiro atoms. The Morgan fingerprint density at radius 2 is 1.96 bits per heavy atom. The first-order valence-electron chi connectivity index (χ1n) is 7.66. The maximum absolute atomic E-state index is 12.3. The number of nitrogens with one attached hydrogen (secondary N) is 1. The van der Waals surface area contributed by atoms with E-state index in [9.17, 15) is 14.9 Å². The predicted molar refractivity (Wildman–Crippen MR) is 88.6 cm³/mol. The Bertz CT molecular complexity index is 633. The van der Waals surface area contributed by atoms with Crippen LogP contribution in [0.25, 0.3) is 0 Å². The number of nitrogens with zero attached hydrogens (tertiary/aromatic N) is 1. The first-order chi connectivity index (χ1) is 11.0. The number of ether oxygens (including phenoxy) is 1. The first kappa shape index (κ1) is 17.5. The molecule has 2 rings (SSSR count). The summed E-state index contributed by atoms with van der Waals surface area (Å²) in [6.45, 7) is 1.51. The van der Waals surface area contributed by atoms with E-state index in [4.69, 9.17) is 4.74 Å². The maximum Gasteiger partial charge on any atom is 0.340 e. The Kier molecular flexibility index (Phi) is 5.78. The number of amides is 1. The Morgan fingerprint density at radius 3 is 2.57 bits per heavy atom. The van der Waals surface area contributed by atoms with Gasteiger partial charge in [-0.25, -0.2) is 4.79 Å². The molecule has 122 valence electrons. The van der Waals surface area contributed by atoms with Crippen LogP contribution in [0.15, 0.2) is 28.7 Å². The summed E-state index contributed by atoms with van der Waals surface area (Å²) in [5, 5.41) is 12.2. The molecule has 1 N–H and O–H groups in total. The second-order valence-electron chi connectivity index (χ2n) is 5.77. The van der Waals surface area contributed by atoms with Crippen molar-refractivity contribution in [1.82, 2.24) is 5.32 Å². The number of rotatable bonds is 4. The number of benzene rings is 1. The van der Waals surface area contributed by atoms with Crippen LogP contribution in [0.1, 0.15) is 49.4 Å². The fourth-order valence-corrected chi connectivity index (χ4v) is 3.11. The molecule has 1 aromatic carbocycles. The van der Waals surface area contributed by atoms with Crippen molar-refractivity contribution in [3.8, 4) is 6.07 Å². The van der Waals surface area contributed by atoms with Gasteiger partial charge in [-0.05, 0) is 47.8 Å². The van der Waals surface area contributed by atoms with E-state index < -0.39 is 23.5 Å². The van der Waals surface area contributed by atoms with Gasteiger partial charge in [-0.3, -0.25) is 4.79 Å². The van der Waals surface area contributed by atoms with Crippen LogP contribution in [-0.2, 0) is 9.53 Å². The summed E-state index contributed by atoms with van der Waals surface area (Å²) >= 11 is 3.28. The van der Waals surface area contributed by atoms with Gasteiger partial charge in [0, 0.05) is 4.47 Å². The molecule has 1 amide bonds. The number of esters is 1. The molecule has 1 aliphatic rings. The maximum atomic E-state index is 12.3. The summed E-state index contributed by atoms with van der Waals surface area (Å²) < 4.78 is 5.83. The summed E-state index contributed by atoms with van der Waals surface area (Å²) in [5.74, 6) is -1.01. The Labute approximate surface area is 144 Å². The fourth-order valence-electron chi connectivity index (χ4n) is 2.66. The summed E-state index contributed by atoms with van der Waals surface area (Å²) in [6, 6.07) is 9.08. The zero-order valence-corrected chi connectivity index (χ0v) is 14.6. The molecule has 0 heterocycles. The van der Waals surface area contributed by atoms with Crippen molar-refractivity contribution in [3.63, 3.8) is 0 Å². The first-order valence-corrected chi connectivity index (χ1v) is 8.45. The Balaban J connectivity index is 1.99. The van der Waals surface area contributed by atoms with Crippen LogP contribution >= 0.6 is 15.9 Å². The van der Waals surface area contributed by atoms with Crippen LogP contribution in [0.2, 0.25) is 0 Å². The highest BCUT2D eigenvalue weighted by Crippen LogP contribution is 2.27. The zero-order chi connectivity index (χ0) is 16.9. The van der Waals surface area contributed by atoms with Gasteiger partial charge in [-0.2, -0.15) is 5.26 Å². The lowest BCUT2D eigenvalue weighted by atomic mass is 9.83. The molecule has 6 heteroatoms. The second kappa shape index (κ2) is 7.60. The van der Waals surface area contributed by atoms with E-state index in [1.54, 1.807) is 24.3 Å². The van der Waals surface area contributed by atoms with Gasteiger partial charge >= 0.3 is 5.97 Å². The van der Waals surface area contributed by atoms with Crippen molar-refractivity contribution in [2.24, 2.45) is 0 Å². The van der Waals surface area contributed by atoms with Gasteiger partial charge < -0.3 is 10.1 Å². The van der Waals surface area contributed by atoms with Gasteiger partial charge in [0.05, 0.1) is 11.6 Å². The van der Waals surface area contributed by atoms with Crippen molar-refractivity contribution in [2.75, 3.05) is 0 Å². The molecule has 0 radical (unpaired) electrons. The van der Waals surface area contributed by atoms with Gasteiger partial charge in [0.2, 0.25) is 0 Å². The van der Waals surface area contributed by atoms with Crippen LogP contribution in [-0.4, -0.2) is 23.5 Å². The Hall–Kier alpha value is -1.87. The minimum absolute atomic E-state index is 0.361. The highest BCUT2D eigenvalue weighted by molar-refractivity contribution is 9.10. The van der Waals surface area contributed by atoms with E-state index >= 15 is 0 Å². The molecular weight excluding hydrogens is 360 g/mol. The zero-order valence-electron chi connectivity index (χ0n) is 13.0. The van der Waals surface area contributed by atoms with E-state index in [1.807, 2.05) is 0 Å². The lowest BCUT2D eigenvalue weighted by Gasteiger charge is -2.32. The number of hydrogen-bond donors (Lipinski definition) is 1. The fraction of sp³-hybridized carbons (Fsp3) is 0.471. The monoisotopic (exact) mass is 378 g/mol. The number of hydrogen-bond acceptors (Lipinski definition) is 4. The van der Waals surface area contributed by atoms with Gasteiger partial charge in [-0.15, -0.1) is 0 Å². The molecular formula is C17H19BrN2O3. The second-order valence-corrected chi connectivity index (χ2v) is 6.63. The molecule has 1 fully saturated rings. The topological polar surface area (TPSA) is 79.2 Å². The lowest BCUT2D eigenvalue weighted by molar-refractivity contribution is -0.130. The minimum atomic E-state index is -0.957. The number of halogens is 1. The average Bonchev–Trinajstić information content (AvgIpc) is 2.55.